The van der Waals surface area contributed by atoms with Crippen LogP contribution < -0.4 is 5.73 Å². The second-order valence-electron chi connectivity index (χ2n) is 5.46. The second-order valence-corrected chi connectivity index (χ2v) is 5.46. The van der Waals surface area contributed by atoms with Gasteiger partial charge in [-0.25, -0.2) is 0 Å². The van der Waals surface area contributed by atoms with Crippen molar-refractivity contribution in [3.63, 3.8) is 0 Å². The largest absolute Gasteiger partial charge is 0.328 e. The maximum absolute atomic E-state index is 5.92. The van der Waals surface area contributed by atoms with E-state index in [-0.39, 0.29) is 0 Å². The van der Waals surface area contributed by atoms with Gasteiger partial charge in [-0.05, 0) is 51.0 Å². The molecular formula is C12H24N2. The summed E-state index contributed by atoms with van der Waals surface area (Å²) in [7, 11) is 2.28. The molecule has 2 rings (SSSR count). The molecule has 0 aromatic rings. The highest BCUT2D eigenvalue weighted by Crippen LogP contribution is 2.28. The summed E-state index contributed by atoms with van der Waals surface area (Å²) >= 11 is 0. The zero-order valence-corrected chi connectivity index (χ0v) is 9.41. The molecule has 0 aromatic heterocycles. The summed E-state index contributed by atoms with van der Waals surface area (Å²) in [6, 6.07) is 0.497. The van der Waals surface area contributed by atoms with E-state index in [1.807, 2.05) is 0 Å². The van der Waals surface area contributed by atoms with Crippen molar-refractivity contribution < 1.29 is 0 Å². The average molecular weight is 196 g/mol. The minimum absolute atomic E-state index is 0.497. The van der Waals surface area contributed by atoms with E-state index < -0.39 is 0 Å². The van der Waals surface area contributed by atoms with Gasteiger partial charge in [0.25, 0.3) is 0 Å². The topological polar surface area (TPSA) is 29.3 Å². The first-order valence-electron chi connectivity index (χ1n) is 6.18. The van der Waals surface area contributed by atoms with E-state index >= 15 is 0 Å². The van der Waals surface area contributed by atoms with Crippen LogP contribution in [0.1, 0.15) is 38.5 Å². The molecule has 2 N–H and O–H groups in total. The molecule has 2 atom stereocenters. The van der Waals surface area contributed by atoms with E-state index in [0.29, 0.717) is 6.04 Å². The van der Waals surface area contributed by atoms with Crippen LogP contribution in [0.5, 0.6) is 0 Å². The summed E-state index contributed by atoms with van der Waals surface area (Å²) in [5, 5.41) is 0. The molecule has 0 radical (unpaired) electrons. The third kappa shape index (κ3) is 2.71. The lowest BCUT2D eigenvalue weighted by molar-refractivity contribution is 0.185. The first-order chi connectivity index (χ1) is 6.74. The highest BCUT2D eigenvalue weighted by molar-refractivity contribution is 4.80. The van der Waals surface area contributed by atoms with Crippen LogP contribution in [0.15, 0.2) is 0 Å². The molecule has 2 fully saturated rings. The van der Waals surface area contributed by atoms with Gasteiger partial charge in [-0.3, -0.25) is 0 Å². The van der Waals surface area contributed by atoms with Gasteiger partial charge in [0.2, 0.25) is 0 Å². The maximum atomic E-state index is 5.92. The molecule has 14 heavy (non-hydrogen) atoms. The van der Waals surface area contributed by atoms with Crippen LogP contribution >= 0.6 is 0 Å². The Bertz CT molecular complexity index is 177. The molecule has 2 aliphatic rings. The Morgan fingerprint density at radius 2 is 1.79 bits per heavy atom. The molecule has 0 spiro atoms. The fourth-order valence-electron chi connectivity index (χ4n) is 2.91. The monoisotopic (exact) mass is 196 g/mol. The summed E-state index contributed by atoms with van der Waals surface area (Å²) < 4.78 is 0. The van der Waals surface area contributed by atoms with Crippen molar-refractivity contribution >= 4 is 0 Å². The Hall–Kier alpha value is -0.0800. The number of rotatable bonds is 4. The standard InChI is InChI=1S/C12H24N2/c1-14(8-10-3-2-4-10)9-11-5-6-12(13)7-11/h10-12H,2-9,13H2,1H3. The highest BCUT2D eigenvalue weighted by Gasteiger charge is 2.24. The van der Waals surface area contributed by atoms with E-state index in [9.17, 15) is 0 Å². The van der Waals surface area contributed by atoms with Gasteiger partial charge in [-0.15, -0.1) is 0 Å². The van der Waals surface area contributed by atoms with Crippen LogP contribution in [0.3, 0.4) is 0 Å². The fourth-order valence-corrected chi connectivity index (χ4v) is 2.91. The second kappa shape index (κ2) is 4.63. The molecule has 82 valence electrons. The average Bonchev–Trinajstić information content (AvgIpc) is 2.44. The summed E-state index contributed by atoms with van der Waals surface area (Å²) in [6.07, 6.45) is 8.27. The molecular weight excluding hydrogens is 172 g/mol. The summed E-state index contributed by atoms with van der Waals surface area (Å²) in [6.45, 7) is 2.61. The van der Waals surface area contributed by atoms with Gasteiger partial charge in [0.05, 0.1) is 0 Å². The molecule has 0 bridgehead atoms. The SMILES string of the molecule is CN(CC1CCC1)CC1CCC(N)C1. The lowest BCUT2D eigenvalue weighted by Crippen LogP contribution is -2.33. The van der Waals surface area contributed by atoms with E-state index in [1.54, 1.807) is 0 Å². The van der Waals surface area contributed by atoms with Crippen molar-refractivity contribution in [2.24, 2.45) is 17.6 Å². The van der Waals surface area contributed by atoms with Crippen LogP contribution in [0.2, 0.25) is 0 Å². The van der Waals surface area contributed by atoms with Crippen LogP contribution in [-0.2, 0) is 0 Å². The Kier molecular flexibility index (Phi) is 3.45. The van der Waals surface area contributed by atoms with Crippen molar-refractivity contribution in [1.82, 2.24) is 4.90 Å². The van der Waals surface area contributed by atoms with Gasteiger partial charge >= 0.3 is 0 Å². The molecule has 0 amide bonds. The molecule has 2 aliphatic carbocycles. The molecule has 0 aromatic carbocycles. The smallest absolute Gasteiger partial charge is 0.00420 e. The minimum Gasteiger partial charge on any atom is -0.328 e. The van der Waals surface area contributed by atoms with Crippen molar-refractivity contribution in [2.75, 3.05) is 20.1 Å². The highest BCUT2D eigenvalue weighted by atomic mass is 15.1. The van der Waals surface area contributed by atoms with Crippen LogP contribution in [0, 0.1) is 11.8 Å². The van der Waals surface area contributed by atoms with Gasteiger partial charge in [0.15, 0.2) is 0 Å². The third-order valence-corrected chi connectivity index (χ3v) is 3.95. The number of hydrogen-bond acceptors (Lipinski definition) is 2. The predicted molar refractivity (Wildman–Crippen MR) is 60.2 cm³/mol. The van der Waals surface area contributed by atoms with Crippen molar-refractivity contribution in [2.45, 2.75) is 44.6 Å². The first kappa shape index (κ1) is 10.4. The van der Waals surface area contributed by atoms with Gasteiger partial charge in [0.1, 0.15) is 0 Å². The van der Waals surface area contributed by atoms with Gasteiger partial charge in [0, 0.05) is 19.1 Å². The van der Waals surface area contributed by atoms with Crippen molar-refractivity contribution in [3.05, 3.63) is 0 Å². The molecule has 2 heteroatoms. The Labute approximate surface area is 87.8 Å². The summed E-state index contributed by atoms with van der Waals surface area (Å²) in [4.78, 5) is 2.53. The van der Waals surface area contributed by atoms with Crippen LogP contribution in [0.25, 0.3) is 0 Å². The Balaban J connectivity index is 1.63. The first-order valence-corrected chi connectivity index (χ1v) is 6.18. The molecule has 2 unspecified atom stereocenters. The quantitative estimate of drug-likeness (QED) is 0.743. The fraction of sp³-hybridized carbons (Fsp3) is 1.00. The molecule has 0 heterocycles. The molecule has 0 aliphatic heterocycles. The van der Waals surface area contributed by atoms with Gasteiger partial charge in [-0.1, -0.05) is 6.42 Å². The summed E-state index contributed by atoms with van der Waals surface area (Å²) in [5.41, 5.74) is 5.92. The van der Waals surface area contributed by atoms with Gasteiger partial charge < -0.3 is 10.6 Å². The van der Waals surface area contributed by atoms with E-state index in [0.717, 1.165) is 11.8 Å². The van der Waals surface area contributed by atoms with Crippen molar-refractivity contribution in [1.29, 1.82) is 0 Å². The van der Waals surface area contributed by atoms with Crippen LogP contribution in [-0.4, -0.2) is 31.1 Å². The van der Waals surface area contributed by atoms with Crippen molar-refractivity contribution in [3.8, 4) is 0 Å². The maximum Gasteiger partial charge on any atom is 0.00420 e. The zero-order chi connectivity index (χ0) is 9.97. The molecule has 0 saturated heterocycles. The van der Waals surface area contributed by atoms with E-state index in [2.05, 4.69) is 11.9 Å². The Morgan fingerprint density at radius 3 is 2.29 bits per heavy atom. The number of hydrogen-bond donors (Lipinski definition) is 1. The van der Waals surface area contributed by atoms with Crippen LogP contribution in [0.4, 0.5) is 0 Å². The summed E-state index contributed by atoms with van der Waals surface area (Å²) in [5.74, 6) is 1.89. The lowest BCUT2D eigenvalue weighted by Gasteiger charge is -2.31. The molecule has 2 saturated carbocycles. The molecule has 2 nitrogen and oxygen atoms in total. The van der Waals surface area contributed by atoms with E-state index in [4.69, 9.17) is 5.73 Å². The zero-order valence-electron chi connectivity index (χ0n) is 9.41. The normalized spacial score (nSPS) is 33.6. The third-order valence-electron chi connectivity index (χ3n) is 3.95. The van der Waals surface area contributed by atoms with Gasteiger partial charge in [-0.2, -0.15) is 0 Å². The van der Waals surface area contributed by atoms with E-state index in [1.165, 1.54) is 51.6 Å². The number of nitrogens with two attached hydrogens (primary N) is 1. The number of nitrogens with zero attached hydrogens (tertiary/aromatic N) is 1. The lowest BCUT2D eigenvalue weighted by atomic mass is 9.85. The Morgan fingerprint density at radius 1 is 1.07 bits per heavy atom. The predicted octanol–water partition coefficient (Wildman–Crippen LogP) is 1.85. The minimum atomic E-state index is 0.497.